The van der Waals surface area contributed by atoms with E-state index in [9.17, 15) is 26.4 Å². The molecular formula is C22H18ClF3N2O3S2. The molecule has 0 radical (unpaired) electrons. The largest absolute Gasteiger partial charge is 0.416 e. The van der Waals surface area contributed by atoms with Gasteiger partial charge in [0.1, 0.15) is 6.54 Å². The van der Waals surface area contributed by atoms with Gasteiger partial charge >= 0.3 is 6.18 Å². The monoisotopic (exact) mass is 514 g/mol. The van der Waals surface area contributed by atoms with Gasteiger partial charge in [0.15, 0.2) is 0 Å². The van der Waals surface area contributed by atoms with E-state index in [1.54, 1.807) is 24.3 Å². The van der Waals surface area contributed by atoms with Gasteiger partial charge < -0.3 is 5.32 Å². The fourth-order valence-corrected chi connectivity index (χ4v) is 4.91. The summed E-state index contributed by atoms with van der Waals surface area (Å²) in [5, 5.41) is 2.40. The van der Waals surface area contributed by atoms with Crippen LogP contribution in [0.2, 0.25) is 5.02 Å². The number of carbonyl (C=O) groups is 1. The minimum absolute atomic E-state index is 0.235. The van der Waals surface area contributed by atoms with Crippen LogP contribution in [0.3, 0.4) is 0 Å². The van der Waals surface area contributed by atoms with Crippen LogP contribution >= 0.6 is 23.4 Å². The molecule has 11 heteroatoms. The van der Waals surface area contributed by atoms with Crippen LogP contribution in [0.1, 0.15) is 5.56 Å². The molecule has 0 unspecified atom stereocenters. The molecule has 1 amide bonds. The van der Waals surface area contributed by atoms with Crippen LogP contribution < -0.4 is 9.62 Å². The van der Waals surface area contributed by atoms with Crippen LogP contribution in [0.25, 0.3) is 0 Å². The zero-order valence-electron chi connectivity index (χ0n) is 17.1. The molecule has 5 nitrogen and oxygen atoms in total. The summed E-state index contributed by atoms with van der Waals surface area (Å²) < 4.78 is 64.7. The minimum atomic E-state index is -4.71. The number of hydrogen-bond acceptors (Lipinski definition) is 4. The smallest absolute Gasteiger partial charge is 0.323 e. The molecule has 33 heavy (non-hydrogen) atoms. The number of nitrogens with one attached hydrogen (secondary N) is 1. The normalized spacial score (nSPS) is 11.8. The summed E-state index contributed by atoms with van der Waals surface area (Å²) in [5.74, 6) is -0.741. The first-order valence-corrected chi connectivity index (χ1v) is 12.5. The molecule has 0 aliphatic rings. The Morgan fingerprint density at radius 3 is 2.30 bits per heavy atom. The second-order valence-corrected chi connectivity index (χ2v) is 10.3. The van der Waals surface area contributed by atoms with Crippen LogP contribution in [0.15, 0.2) is 82.6 Å². The zero-order valence-corrected chi connectivity index (χ0v) is 19.5. The molecule has 3 rings (SSSR count). The molecule has 0 saturated heterocycles. The maximum Gasteiger partial charge on any atom is 0.416 e. The Kier molecular flexibility index (Phi) is 7.61. The van der Waals surface area contributed by atoms with E-state index in [2.05, 4.69) is 5.32 Å². The van der Waals surface area contributed by atoms with Gasteiger partial charge in [-0.1, -0.05) is 53.7 Å². The number of carbonyl (C=O) groups excluding carboxylic acids is 1. The average molecular weight is 515 g/mol. The quantitative estimate of drug-likeness (QED) is 0.425. The second-order valence-electron chi connectivity index (χ2n) is 6.89. The van der Waals surface area contributed by atoms with E-state index in [-0.39, 0.29) is 5.02 Å². The Balaban J connectivity index is 1.87. The number of benzene rings is 3. The molecule has 0 fully saturated rings. The van der Waals surface area contributed by atoms with Gasteiger partial charge in [0.05, 0.1) is 28.2 Å². The van der Waals surface area contributed by atoms with E-state index in [1.165, 1.54) is 11.8 Å². The summed E-state index contributed by atoms with van der Waals surface area (Å²) >= 11 is 7.39. The molecule has 0 aromatic heterocycles. The fraction of sp³-hybridized carbons (Fsp3) is 0.136. The summed E-state index contributed by atoms with van der Waals surface area (Å²) in [6, 6.07) is 18.6. The summed E-state index contributed by atoms with van der Waals surface area (Å²) in [6.45, 7) is -0.760. The number of hydrogen-bond donors (Lipinski definition) is 1. The molecule has 3 aromatic carbocycles. The molecular weight excluding hydrogens is 497 g/mol. The van der Waals surface area contributed by atoms with Gasteiger partial charge in [0, 0.05) is 9.79 Å². The van der Waals surface area contributed by atoms with E-state index >= 15 is 0 Å². The predicted octanol–water partition coefficient (Wildman–Crippen LogP) is 5.91. The van der Waals surface area contributed by atoms with E-state index in [4.69, 9.17) is 11.6 Å². The van der Waals surface area contributed by atoms with Crippen molar-refractivity contribution in [1.29, 1.82) is 0 Å². The van der Waals surface area contributed by atoms with Crippen molar-refractivity contribution in [2.75, 3.05) is 22.4 Å². The summed E-state index contributed by atoms with van der Waals surface area (Å²) in [6.07, 6.45) is -3.92. The number of halogens is 4. The summed E-state index contributed by atoms with van der Waals surface area (Å²) in [7, 11) is -4.13. The molecule has 0 aliphatic carbocycles. The van der Waals surface area contributed by atoms with Gasteiger partial charge in [-0.2, -0.15) is 13.2 Å². The highest BCUT2D eigenvalue weighted by atomic mass is 35.5. The standard InChI is InChI=1S/C22H18ClF3N2O3S2/c1-33(30,31)28(19-13-15(22(24,25)26)11-12-17(19)23)14-21(29)27-18-9-5-6-10-20(18)32-16-7-3-2-4-8-16/h2-13H,14H2,1H3,(H,27,29). The van der Waals surface area contributed by atoms with E-state index in [1.807, 2.05) is 30.3 Å². The Labute approximate surface area is 198 Å². The first-order chi connectivity index (χ1) is 15.4. The van der Waals surface area contributed by atoms with Gasteiger partial charge in [0.25, 0.3) is 0 Å². The van der Waals surface area contributed by atoms with Crippen molar-refractivity contribution in [1.82, 2.24) is 0 Å². The molecule has 0 saturated carbocycles. The Bertz CT molecular complexity index is 1250. The zero-order chi connectivity index (χ0) is 24.2. The molecule has 174 valence electrons. The maximum absolute atomic E-state index is 13.1. The van der Waals surface area contributed by atoms with Crippen molar-refractivity contribution < 1.29 is 26.4 Å². The number of nitrogens with zero attached hydrogens (tertiary/aromatic N) is 1. The summed E-state index contributed by atoms with van der Waals surface area (Å²) in [4.78, 5) is 14.4. The number of sulfonamides is 1. The highest BCUT2D eigenvalue weighted by Gasteiger charge is 2.33. The van der Waals surface area contributed by atoms with Crippen molar-refractivity contribution in [2.45, 2.75) is 16.0 Å². The van der Waals surface area contributed by atoms with Gasteiger partial charge in [-0.15, -0.1) is 0 Å². The maximum atomic E-state index is 13.1. The van der Waals surface area contributed by atoms with Gasteiger partial charge in [-0.3, -0.25) is 9.10 Å². The molecule has 0 aliphatic heterocycles. The fourth-order valence-electron chi connectivity index (χ4n) is 2.86. The number of alkyl halides is 3. The van der Waals surface area contributed by atoms with Gasteiger partial charge in [-0.25, -0.2) is 8.42 Å². The third-order valence-electron chi connectivity index (χ3n) is 4.36. The molecule has 3 aromatic rings. The topological polar surface area (TPSA) is 66.5 Å². The van der Waals surface area contributed by atoms with E-state index in [0.29, 0.717) is 21.0 Å². The summed E-state index contributed by atoms with van der Waals surface area (Å²) in [5.41, 5.74) is -1.09. The van der Waals surface area contributed by atoms with Crippen molar-refractivity contribution >= 4 is 50.7 Å². The predicted molar refractivity (Wildman–Crippen MR) is 124 cm³/mol. The number of anilines is 2. The third-order valence-corrected chi connectivity index (χ3v) is 6.89. The van der Waals surface area contributed by atoms with E-state index in [0.717, 1.165) is 23.3 Å². The Hall–Kier alpha value is -2.69. The van der Waals surface area contributed by atoms with Crippen LogP contribution in [0.5, 0.6) is 0 Å². The van der Waals surface area contributed by atoms with Gasteiger partial charge in [-0.05, 0) is 42.5 Å². The van der Waals surface area contributed by atoms with Crippen molar-refractivity contribution in [3.63, 3.8) is 0 Å². The lowest BCUT2D eigenvalue weighted by Gasteiger charge is -2.24. The SMILES string of the molecule is CS(=O)(=O)N(CC(=O)Nc1ccccc1Sc1ccccc1)c1cc(C(F)(F)F)ccc1Cl. The lowest BCUT2D eigenvalue weighted by Crippen LogP contribution is -2.37. The highest BCUT2D eigenvalue weighted by molar-refractivity contribution is 7.99. The molecule has 0 spiro atoms. The van der Waals surface area contributed by atoms with Crippen LogP contribution in [0.4, 0.5) is 24.5 Å². The Morgan fingerprint density at radius 2 is 1.67 bits per heavy atom. The first-order valence-electron chi connectivity index (χ1n) is 9.41. The third kappa shape index (κ3) is 6.66. The molecule has 0 atom stereocenters. The number of amides is 1. The first kappa shape index (κ1) is 24.9. The number of para-hydroxylation sites is 1. The van der Waals surface area contributed by atoms with Crippen LogP contribution in [-0.4, -0.2) is 27.1 Å². The average Bonchev–Trinajstić information content (AvgIpc) is 2.73. The van der Waals surface area contributed by atoms with Crippen molar-refractivity contribution in [3.8, 4) is 0 Å². The second kappa shape index (κ2) is 10.1. The van der Waals surface area contributed by atoms with Gasteiger partial charge in [0.2, 0.25) is 15.9 Å². The van der Waals surface area contributed by atoms with Crippen molar-refractivity contribution in [3.05, 3.63) is 83.4 Å². The van der Waals surface area contributed by atoms with E-state index < -0.39 is 39.9 Å². The minimum Gasteiger partial charge on any atom is -0.323 e. The molecule has 0 heterocycles. The lowest BCUT2D eigenvalue weighted by molar-refractivity contribution is -0.137. The number of rotatable bonds is 7. The van der Waals surface area contributed by atoms with Crippen LogP contribution in [-0.2, 0) is 21.0 Å². The lowest BCUT2D eigenvalue weighted by atomic mass is 10.2. The van der Waals surface area contributed by atoms with Crippen LogP contribution in [0, 0.1) is 0 Å². The molecule has 0 bridgehead atoms. The van der Waals surface area contributed by atoms with Crippen molar-refractivity contribution in [2.24, 2.45) is 0 Å². The Morgan fingerprint density at radius 1 is 1.03 bits per heavy atom. The molecule has 1 N–H and O–H groups in total. The highest BCUT2D eigenvalue weighted by Crippen LogP contribution is 2.37.